The molecule has 2 heterocycles. The topological polar surface area (TPSA) is 178 Å². The molecule has 0 aliphatic rings. The molecule has 174 valence electrons. The van der Waals surface area contributed by atoms with Gasteiger partial charge >= 0.3 is 0 Å². The number of benzene rings is 2. The van der Waals surface area contributed by atoms with Gasteiger partial charge < -0.3 is 16.0 Å². The summed E-state index contributed by atoms with van der Waals surface area (Å²) in [4.78, 5) is 45.5. The number of nitro benzene ring substituents is 2. The molecule has 13 nitrogen and oxygen atoms in total. The summed E-state index contributed by atoms with van der Waals surface area (Å²) in [6.07, 6.45) is 3.05. The van der Waals surface area contributed by atoms with Crippen LogP contribution in [0, 0.1) is 20.2 Å². The number of non-ortho nitro benzene ring substituents is 2. The lowest BCUT2D eigenvalue weighted by atomic mass is 10.1. The van der Waals surface area contributed by atoms with Crippen molar-refractivity contribution in [3.05, 3.63) is 105 Å². The van der Waals surface area contributed by atoms with Gasteiger partial charge in [0.05, 0.1) is 21.5 Å². The van der Waals surface area contributed by atoms with E-state index < -0.39 is 27.1 Å². The molecule has 0 bridgehead atoms. The molecule has 2 aromatic heterocycles. The Kier molecular flexibility index (Phi) is 6.49. The number of hydrogen-bond acceptors (Lipinski definition) is 10. The predicted molar refractivity (Wildman–Crippen MR) is 127 cm³/mol. The molecule has 0 radical (unpaired) electrons. The monoisotopic (exact) mass is 472 g/mol. The lowest BCUT2D eigenvalue weighted by molar-refractivity contribution is -0.394. The summed E-state index contributed by atoms with van der Waals surface area (Å²) in [7, 11) is 0. The number of nitro groups is 2. The first-order valence-electron chi connectivity index (χ1n) is 10.00. The summed E-state index contributed by atoms with van der Waals surface area (Å²) < 4.78 is 0. The van der Waals surface area contributed by atoms with Gasteiger partial charge in [-0.1, -0.05) is 6.07 Å². The molecule has 0 saturated carbocycles. The van der Waals surface area contributed by atoms with Crippen LogP contribution in [-0.4, -0.2) is 30.7 Å². The van der Waals surface area contributed by atoms with Crippen LogP contribution < -0.4 is 16.0 Å². The highest BCUT2D eigenvalue weighted by molar-refractivity contribution is 6.05. The largest absolute Gasteiger partial charge is 0.340 e. The van der Waals surface area contributed by atoms with Crippen molar-refractivity contribution in [2.45, 2.75) is 0 Å². The maximum atomic E-state index is 12.5. The Bertz CT molecular complexity index is 1360. The minimum atomic E-state index is -0.797. The standard InChI is InChI=1S/C22H16N8O5/c31-22(14-9-17(29(32)33)11-18(10-14)30(34)35)27-16-6-4-15(5-7-16)26-20-12-21(25-13-24-20)28-19-3-1-2-8-23-19/h1-13H,(H,27,31)(H2,23,24,25,26,28). The molecule has 1 amide bonds. The fourth-order valence-electron chi connectivity index (χ4n) is 2.99. The van der Waals surface area contributed by atoms with Gasteiger partial charge in [0.15, 0.2) is 0 Å². The molecular formula is C22H16N8O5. The van der Waals surface area contributed by atoms with Gasteiger partial charge in [-0.05, 0) is 36.4 Å². The molecule has 4 aromatic rings. The maximum absolute atomic E-state index is 12.5. The Balaban J connectivity index is 1.43. The molecule has 0 saturated heterocycles. The Morgan fingerprint density at radius 3 is 1.94 bits per heavy atom. The molecule has 0 aliphatic carbocycles. The van der Waals surface area contributed by atoms with Crippen LogP contribution in [0.15, 0.2) is 79.3 Å². The minimum Gasteiger partial charge on any atom is -0.340 e. The highest BCUT2D eigenvalue weighted by Gasteiger charge is 2.20. The Morgan fingerprint density at radius 1 is 0.714 bits per heavy atom. The molecule has 2 aromatic carbocycles. The highest BCUT2D eigenvalue weighted by Crippen LogP contribution is 2.24. The van der Waals surface area contributed by atoms with Crippen molar-refractivity contribution in [3.8, 4) is 0 Å². The maximum Gasteiger partial charge on any atom is 0.277 e. The molecule has 4 rings (SSSR count). The zero-order valence-electron chi connectivity index (χ0n) is 17.8. The number of carbonyl (C=O) groups is 1. The number of rotatable bonds is 8. The molecule has 0 spiro atoms. The van der Waals surface area contributed by atoms with E-state index in [9.17, 15) is 25.0 Å². The first kappa shape index (κ1) is 22.7. The normalized spacial score (nSPS) is 10.3. The van der Waals surface area contributed by atoms with Crippen molar-refractivity contribution in [1.82, 2.24) is 15.0 Å². The van der Waals surface area contributed by atoms with Crippen molar-refractivity contribution >= 4 is 46.1 Å². The number of nitrogens with zero attached hydrogens (tertiary/aromatic N) is 5. The fourth-order valence-corrected chi connectivity index (χ4v) is 2.99. The zero-order chi connectivity index (χ0) is 24.8. The van der Waals surface area contributed by atoms with Crippen LogP contribution >= 0.6 is 0 Å². The van der Waals surface area contributed by atoms with Gasteiger partial charge in [0.2, 0.25) is 0 Å². The SMILES string of the molecule is O=C(Nc1ccc(Nc2cc(Nc3ccccn3)ncn2)cc1)c1cc([N+](=O)[O-])cc([N+](=O)[O-])c1. The minimum absolute atomic E-state index is 0.206. The number of nitrogens with one attached hydrogen (secondary N) is 3. The highest BCUT2D eigenvalue weighted by atomic mass is 16.6. The fraction of sp³-hybridized carbons (Fsp3) is 0. The first-order valence-corrected chi connectivity index (χ1v) is 10.00. The summed E-state index contributed by atoms with van der Waals surface area (Å²) >= 11 is 0. The average molecular weight is 472 g/mol. The third kappa shape index (κ3) is 5.87. The van der Waals surface area contributed by atoms with Crippen LogP contribution in [0.4, 0.5) is 40.2 Å². The van der Waals surface area contributed by atoms with E-state index in [0.717, 1.165) is 18.2 Å². The van der Waals surface area contributed by atoms with Crippen LogP contribution in [0.2, 0.25) is 0 Å². The van der Waals surface area contributed by atoms with E-state index >= 15 is 0 Å². The van der Waals surface area contributed by atoms with Crippen molar-refractivity contribution in [2.24, 2.45) is 0 Å². The van der Waals surface area contributed by atoms with Gasteiger partial charge in [0.25, 0.3) is 17.3 Å². The van der Waals surface area contributed by atoms with E-state index in [1.165, 1.54) is 6.33 Å². The smallest absolute Gasteiger partial charge is 0.277 e. The van der Waals surface area contributed by atoms with E-state index in [1.807, 2.05) is 6.07 Å². The second-order valence-electron chi connectivity index (χ2n) is 7.04. The van der Waals surface area contributed by atoms with Gasteiger partial charge in [0, 0.05) is 35.8 Å². The van der Waals surface area contributed by atoms with E-state index in [0.29, 0.717) is 28.8 Å². The van der Waals surface area contributed by atoms with Crippen LogP contribution in [0.1, 0.15) is 10.4 Å². The predicted octanol–water partition coefficient (Wildman–Crippen LogP) is 4.43. The molecule has 3 N–H and O–H groups in total. The van der Waals surface area contributed by atoms with Gasteiger partial charge in [-0.15, -0.1) is 0 Å². The quantitative estimate of drug-likeness (QED) is 0.245. The summed E-state index contributed by atoms with van der Waals surface area (Å²) in [5.74, 6) is 0.958. The summed E-state index contributed by atoms with van der Waals surface area (Å²) in [6.45, 7) is 0. The molecule has 0 atom stereocenters. The van der Waals surface area contributed by atoms with Crippen LogP contribution in [0.25, 0.3) is 0 Å². The third-order valence-electron chi connectivity index (χ3n) is 4.59. The molecule has 13 heteroatoms. The van der Waals surface area contributed by atoms with Gasteiger partial charge in [-0.3, -0.25) is 25.0 Å². The van der Waals surface area contributed by atoms with Gasteiger partial charge in [0.1, 0.15) is 23.8 Å². The van der Waals surface area contributed by atoms with Gasteiger partial charge in [-0.2, -0.15) is 0 Å². The zero-order valence-corrected chi connectivity index (χ0v) is 17.8. The molecular weight excluding hydrogens is 456 g/mol. The average Bonchev–Trinajstić information content (AvgIpc) is 2.85. The van der Waals surface area contributed by atoms with Crippen molar-refractivity contribution < 1.29 is 14.6 Å². The molecule has 0 fully saturated rings. The number of carbonyl (C=O) groups excluding carboxylic acids is 1. The van der Waals surface area contributed by atoms with Gasteiger partial charge in [-0.25, -0.2) is 15.0 Å². The summed E-state index contributed by atoms with van der Waals surface area (Å²) in [5.41, 5.74) is -0.260. The number of anilines is 5. The van der Waals surface area contributed by atoms with Crippen LogP contribution in [0.3, 0.4) is 0 Å². The van der Waals surface area contributed by atoms with Crippen molar-refractivity contribution in [1.29, 1.82) is 0 Å². The second kappa shape index (κ2) is 9.99. The lowest BCUT2D eigenvalue weighted by Crippen LogP contribution is -2.12. The van der Waals surface area contributed by atoms with E-state index in [2.05, 4.69) is 30.9 Å². The van der Waals surface area contributed by atoms with E-state index in [4.69, 9.17) is 0 Å². The summed E-state index contributed by atoms with van der Waals surface area (Å²) in [5, 5.41) is 30.8. The summed E-state index contributed by atoms with van der Waals surface area (Å²) in [6, 6.07) is 16.4. The number of pyridine rings is 1. The van der Waals surface area contributed by atoms with Crippen LogP contribution in [-0.2, 0) is 0 Å². The van der Waals surface area contributed by atoms with Crippen molar-refractivity contribution in [2.75, 3.05) is 16.0 Å². The second-order valence-corrected chi connectivity index (χ2v) is 7.04. The van der Waals surface area contributed by atoms with Crippen molar-refractivity contribution in [3.63, 3.8) is 0 Å². The van der Waals surface area contributed by atoms with Crippen LogP contribution in [0.5, 0.6) is 0 Å². The third-order valence-corrected chi connectivity index (χ3v) is 4.59. The van der Waals surface area contributed by atoms with E-state index in [-0.39, 0.29) is 5.56 Å². The number of aromatic nitrogens is 3. The number of hydrogen-bond donors (Lipinski definition) is 3. The number of amides is 1. The molecule has 0 unspecified atom stereocenters. The first-order chi connectivity index (χ1) is 16.9. The molecule has 35 heavy (non-hydrogen) atoms. The lowest BCUT2D eigenvalue weighted by Gasteiger charge is -2.10. The Labute approximate surface area is 197 Å². The van der Waals surface area contributed by atoms with E-state index in [1.54, 1.807) is 48.7 Å². The molecule has 0 aliphatic heterocycles. The Morgan fingerprint density at radius 2 is 1.34 bits per heavy atom. The Hall–Kier alpha value is -5.46.